The molecule has 0 saturated carbocycles. The van der Waals surface area contributed by atoms with Gasteiger partial charge in [0.15, 0.2) is 0 Å². The van der Waals surface area contributed by atoms with Crippen molar-refractivity contribution in [1.29, 1.82) is 0 Å². The topological polar surface area (TPSA) is 37.3 Å². The number of halogens is 3. The quantitative estimate of drug-likeness (QED) is 0.864. The lowest BCUT2D eigenvalue weighted by Gasteiger charge is -2.17. The van der Waals surface area contributed by atoms with E-state index in [-0.39, 0.29) is 13.0 Å². The summed E-state index contributed by atoms with van der Waals surface area (Å²) < 4.78 is 37.1. The SMILES string of the molecule is CC(CC(=O)C[C@@H](CO)c1ccccc1)C(F)(F)F. The Bertz CT molecular complexity index is 401. The average molecular weight is 274 g/mol. The van der Waals surface area contributed by atoms with Crippen molar-refractivity contribution < 1.29 is 23.1 Å². The minimum Gasteiger partial charge on any atom is -0.396 e. The van der Waals surface area contributed by atoms with E-state index in [0.29, 0.717) is 0 Å². The lowest BCUT2D eigenvalue weighted by molar-refractivity contribution is -0.173. The van der Waals surface area contributed by atoms with Crippen LogP contribution < -0.4 is 0 Å². The maximum Gasteiger partial charge on any atom is 0.391 e. The smallest absolute Gasteiger partial charge is 0.391 e. The van der Waals surface area contributed by atoms with Gasteiger partial charge >= 0.3 is 6.18 Å². The number of Topliss-reactive ketones (excluding diaryl/α,β-unsaturated/α-hetero) is 1. The van der Waals surface area contributed by atoms with Gasteiger partial charge in [0.05, 0.1) is 12.5 Å². The Kier molecular flexibility index (Phi) is 5.54. The number of rotatable bonds is 6. The van der Waals surface area contributed by atoms with Gasteiger partial charge < -0.3 is 5.11 Å². The van der Waals surface area contributed by atoms with Crippen LogP contribution in [-0.2, 0) is 4.79 Å². The van der Waals surface area contributed by atoms with Gasteiger partial charge in [-0.2, -0.15) is 13.2 Å². The number of hydrogen-bond acceptors (Lipinski definition) is 2. The zero-order valence-corrected chi connectivity index (χ0v) is 10.7. The molecular weight excluding hydrogens is 257 g/mol. The van der Waals surface area contributed by atoms with E-state index < -0.39 is 30.2 Å². The Labute approximate surface area is 110 Å². The summed E-state index contributed by atoms with van der Waals surface area (Å²) in [5, 5.41) is 9.25. The van der Waals surface area contributed by atoms with Crippen LogP contribution in [0.4, 0.5) is 13.2 Å². The number of benzene rings is 1. The number of carbonyl (C=O) groups excluding carboxylic acids is 1. The predicted molar refractivity (Wildman–Crippen MR) is 65.7 cm³/mol. The summed E-state index contributed by atoms with van der Waals surface area (Å²) in [7, 11) is 0. The third-order valence-electron chi connectivity index (χ3n) is 3.06. The van der Waals surface area contributed by atoms with Gasteiger partial charge in [0.2, 0.25) is 0 Å². The highest BCUT2D eigenvalue weighted by atomic mass is 19.4. The molecular formula is C14H17F3O2. The normalized spacial score (nSPS) is 15.0. The lowest BCUT2D eigenvalue weighted by Crippen LogP contribution is -2.23. The minimum atomic E-state index is -4.35. The molecule has 1 rings (SSSR count). The van der Waals surface area contributed by atoms with Gasteiger partial charge in [0, 0.05) is 18.8 Å². The fourth-order valence-corrected chi connectivity index (χ4v) is 1.83. The molecule has 1 N–H and O–H groups in total. The first-order valence-electron chi connectivity index (χ1n) is 6.08. The molecule has 0 bridgehead atoms. The molecule has 0 radical (unpaired) electrons. The monoisotopic (exact) mass is 274 g/mol. The standard InChI is InChI=1S/C14H17F3O2/c1-10(14(15,16)17)7-13(19)8-12(9-18)11-5-3-2-4-6-11/h2-6,10,12,18H,7-9H2,1H3/t10?,12-/m0/s1. The van der Waals surface area contributed by atoms with Crippen LogP contribution in [0.1, 0.15) is 31.2 Å². The molecule has 2 atom stereocenters. The summed E-state index contributed by atoms with van der Waals surface area (Å²) in [4.78, 5) is 11.6. The van der Waals surface area contributed by atoms with Gasteiger partial charge in [-0.05, 0) is 5.56 Å². The zero-order chi connectivity index (χ0) is 14.5. The van der Waals surface area contributed by atoms with Crippen molar-refractivity contribution in [1.82, 2.24) is 0 Å². The first-order valence-corrected chi connectivity index (χ1v) is 6.08. The summed E-state index contributed by atoms with van der Waals surface area (Å²) in [6, 6.07) is 8.83. The van der Waals surface area contributed by atoms with E-state index in [1.165, 1.54) is 0 Å². The van der Waals surface area contributed by atoms with Crippen LogP contribution in [0.15, 0.2) is 30.3 Å². The molecule has 0 aliphatic carbocycles. The summed E-state index contributed by atoms with van der Waals surface area (Å²) >= 11 is 0. The van der Waals surface area contributed by atoms with Crippen molar-refractivity contribution >= 4 is 5.78 Å². The Morgan fingerprint density at radius 1 is 1.21 bits per heavy atom. The van der Waals surface area contributed by atoms with E-state index in [0.717, 1.165) is 12.5 Å². The van der Waals surface area contributed by atoms with E-state index >= 15 is 0 Å². The first-order chi connectivity index (χ1) is 8.84. The number of aliphatic hydroxyl groups is 1. The third-order valence-corrected chi connectivity index (χ3v) is 3.06. The number of aliphatic hydroxyl groups excluding tert-OH is 1. The highest BCUT2D eigenvalue weighted by Gasteiger charge is 2.37. The van der Waals surface area contributed by atoms with E-state index in [2.05, 4.69) is 0 Å². The fraction of sp³-hybridized carbons (Fsp3) is 0.500. The van der Waals surface area contributed by atoms with Crippen molar-refractivity contribution in [3.05, 3.63) is 35.9 Å². The molecule has 0 aliphatic heterocycles. The van der Waals surface area contributed by atoms with Gasteiger partial charge in [0.1, 0.15) is 5.78 Å². The van der Waals surface area contributed by atoms with E-state index in [4.69, 9.17) is 0 Å². The van der Waals surface area contributed by atoms with Crippen LogP contribution in [0, 0.1) is 5.92 Å². The van der Waals surface area contributed by atoms with E-state index in [9.17, 15) is 23.1 Å². The van der Waals surface area contributed by atoms with Crippen molar-refractivity contribution in [2.45, 2.75) is 31.9 Å². The molecule has 5 heteroatoms. The maximum absolute atomic E-state index is 12.4. The number of ketones is 1. The van der Waals surface area contributed by atoms with Gasteiger partial charge in [-0.25, -0.2) is 0 Å². The van der Waals surface area contributed by atoms with Crippen molar-refractivity contribution in [2.24, 2.45) is 5.92 Å². The summed E-state index contributed by atoms with van der Waals surface area (Å²) in [5.74, 6) is -2.56. The summed E-state index contributed by atoms with van der Waals surface area (Å²) in [6.45, 7) is 0.741. The Morgan fingerprint density at radius 3 is 2.26 bits per heavy atom. The Balaban J connectivity index is 2.60. The Morgan fingerprint density at radius 2 is 1.79 bits per heavy atom. The van der Waals surface area contributed by atoms with E-state index in [1.54, 1.807) is 30.3 Å². The highest BCUT2D eigenvalue weighted by molar-refractivity contribution is 5.79. The molecule has 0 spiro atoms. The molecule has 0 heterocycles. The van der Waals surface area contributed by atoms with Crippen molar-refractivity contribution in [2.75, 3.05) is 6.61 Å². The summed E-state index contributed by atoms with van der Waals surface area (Å²) in [5.41, 5.74) is 0.762. The fourth-order valence-electron chi connectivity index (χ4n) is 1.83. The third kappa shape index (κ3) is 5.03. The molecule has 0 saturated heterocycles. The van der Waals surface area contributed by atoms with Crippen molar-refractivity contribution in [3.63, 3.8) is 0 Å². The van der Waals surface area contributed by atoms with Gasteiger partial charge in [-0.1, -0.05) is 37.3 Å². The van der Waals surface area contributed by atoms with Gasteiger partial charge in [0.25, 0.3) is 0 Å². The molecule has 0 amide bonds. The number of hydrogen-bond donors (Lipinski definition) is 1. The largest absolute Gasteiger partial charge is 0.396 e. The molecule has 0 aromatic heterocycles. The second kappa shape index (κ2) is 6.70. The van der Waals surface area contributed by atoms with Gasteiger partial charge in [-0.15, -0.1) is 0 Å². The average Bonchev–Trinajstić information content (AvgIpc) is 2.35. The summed E-state index contributed by atoms with van der Waals surface area (Å²) in [6.07, 6.45) is -4.95. The van der Waals surface area contributed by atoms with Crippen molar-refractivity contribution in [3.8, 4) is 0 Å². The first kappa shape index (κ1) is 15.7. The molecule has 106 valence electrons. The maximum atomic E-state index is 12.4. The van der Waals surface area contributed by atoms with E-state index in [1.807, 2.05) is 0 Å². The molecule has 1 aromatic rings. The molecule has 0 aliphatic rings. The Hall–Kier alpha value is -1.36. The predicted octanol–water partition coefficient (Wildman–Crippen LogP) is 3.31. The van der Waals surface area contributed by atoms with Gasteiger partial charge in [-0.3, -0.25) is 4.79 Å². The van der Waals surface area contributed by atoms with Crippen LogP contribution in [0.5, 0.6) is 0 Å². The number of carbonyl (C=O) groups is 1. The second-order valence-electron chi connectivity index (χ2n) is 4.68. The molecule has 1 unspecified atom stereocenters. The second-order valence-corrected chi connectivity index (χ2v) is 4.68. The highest BCUT2D eigenvalue weighted by Crippen LogP contribution is 2.30. The van der Waals surface area contributed by atoms with Crippen LogP contribution >= 0.6 is 0 Å². The van der Waals surface area contributed by atoms with Crippen LogP contribution in [0.25, 0.3) is 0 Å². The minimum absolute atomic E-state index is 0.0685. The molecule has 19 heavy (non-hydrogen) atoms. The molecule has 0 fully saturated rings. The molecule has 2 nitrogen and oxygen atoms in total. The van der Waals surface area contributed by atoms with Crippen LogP contribution in [0.2, 0.25) is 0 Å². The number of alkyl halides is 3. The zero-order valence-electron chi connectivity index (χ0n) is 10.7. The molecule has 1 aromatic carbocycles. The van der Waals surface area contributed by atoms with Crippen LogP contribution in [0.3, 0.4) is 0 Å². The lowest BCUT2D eigenvalue weighted by atomic mass is 9.91. The van der Waals surface area contributed by atoms with Crippen LogP contribution in [-0.4, -0.2) is 23.7 Å².